The van der Waals surface area contributed by atoms with Gasteiger partial charge in [-0.25, -0.2) is 0 Å². The van der Waals surface area contributed by atoms with Crippen LogP contribution in [-0.2, 0) is 18.6 Å². The fraction of sp³-hybridized carbons (Fsp3) is 0.120. The van der Waals surface area contributed by atoms with Crippen LogP contribution in [-0.4, -0.2) is 19.3 Å². The molecule has 0 aliphatic rings. The van der Waals surface area contributed by atoms with Crippen LogP contribution in [0.4, 0.5) is 0 Å². The first-order valence-electron chi connectivity index (χ1n) is 10.5. The van der Waals surface area contributed by atoms with Gasteiger partial charge in [-0.3, -0.25) is 4.57 Å². The van der Waals surface area contributed by atoms with E-state index in [0.717, 1.165) is 11.4 Å². The molecule has 0 radical (unpaired) electrons. The lowest BCUT2D eigenvalue weighted by atomic mass is 10.2. The van der Waals surface area contributed by atoms with Crippen molar-refractivity contribution in [3.63, 3.8) is 0 Å². The summed E-state index contributed by atoms with van der Waals surface area (Å²) in [5, 5.41) is 13.1. The van der Waals surface area contributed by atoms with Gasteiger partial charge in [0.25, 0.3) is 0 Å². The minimum Gasteiger partial charge on any atom is -0.349 e. The smallest absolute Gasteiger partial charge is 0.196 e. The molecule has 0 saturated carbocycles. The van der Waals surface area contributed by atoms with Crippen LogP contribution in [0.3, 0.4) is 0 Å². The van der Waals surface area contributed by atoms with Gasteiger partial charge in [-0.1, -0.05) is 88.5 Å². The predicted octanol–water partition coefficient (Wildman–Crippen LogP) is 8.96. The number of hydrogen-bond donors (Lipinski definition) is 0. The Morgan fingerprint density at radius 2 is 1.40 bits per heavy atom. The van der Waals surface area contributed by atoms with E-state index in [0.29, 0.717) is 42.4 Å². The number of thioether (sulfide) groups is 2. The molecule has 2 heterocycles. The van der Waals surface area contributed by atoms with Gasteiger partial charge in [0.15, 0.2) is 5.16 Å². The summed E-state index contributed by atoms with van der Waals surface area (Å²) in [6.07, 6.45) is 2.13. The third kappa shape index (κ3) is 5.06. The van der Waals surface area contributed by atoms with E-state index in [2.05, 4.69) is 33.1 Å². The van der Waals surface area contributed by atoms with Gasteiger partial charge in [0, 0.05) is 44.8 Å². The average Bonchev–Trinajstić information content (AvgIpc) is 3.38. The molecule has 10 heteroatoms. The van der Waals surface area contributed by atoms with Crippen molar-refractivity contribution in [3.8, 4) is 5.69 Å². The molecular weight excluding hydrogens is 562 g/mol. The van der Waals surface area contributed by atoms with E-state index in [9.17, 15) is 0 Å². The number of fused-ring (bicyclic) bond motifs is 1. The molecule has 0 saturated heterocycles. The van der Waals surface area contributed by atoms with Crippen molar-refractivity contribution in [2.24, 2.45) is 7.05 Å². The first-order chi connectivity index (χ1) is 16.9. The van der Waals surface area contributed by atoms with Crippen LogP contribution in [0.15, 0.2) is 76.9 Å². The van der Waals surface area contributed by atoms with Gasteiger partial charge >= 0.3 is 0 Å². The maximum absolute atomic E-state index is 6.61. The van der Waals surface area contributed by atoms with Crippen molar-refractivity contribution < 1.29 is 0 Å². The van der Waals surface area contributed by atoms with Crippen LogP contribution in [0, 0.1) is 0 Å². The maximum Gasteiger partial charge on any atom is 0.196 e. The third-order valence-electron chi connectivity index (χ3n) is 5.49. The highest BCUT2D eigenvalue weighted by molar-refractivity contribution is 7.99. The average molecular weight is 580 g/mol. The van der Waals surface area contributed by atoms with Crippen LogP contribution < -0.4 is 0 Å². The Labute approximate surface area is 231 Å². The standard InChI is InChI=1S/C25H18Cl4N4S2/c1-32-12-22(15-6-2-3-11-21(15)32)34-14-23-30-31-25(33(23)24-19(28)9-5-10-20(24)29)35-13-16-17(26)7-4-8-18(16)27/h2-12H,13-14H2,1H3. The predicted molar refractivity (Wildman–Crippen MR) is 150 cm³/mol. The second-order valence-corrected chi connectivity index (χ2v) is 11.3. The second-order valence-electron chi connectivity index (χ2n) is 7.70. The van der Waals surface area contributed by atoms with Crippen molar-refractivity contribution in [1.29, 1.82) is 0 Å². The molecule has 35 heavy (non-hydrogen) atoms. The van der Waals surface area contributed by atoms with E-state index in [1.165, 1.54) is 27.6 Å². The summed E-state index contributed by atoms with van der Waals surface area (Å²) in [6.45, 7) is 0. The third-order valence-corrected chi connectivity index (χ3v) is 8.80. The van der Waals surface area contributed by atoms with E-state index < -0.39 is 0 Å². The lowest BCUT2D eigenvalue weighted by molar-refractivity contribution is 0.864. The molecule has 2 aromatic heterocycles. The van der Waals surface area contributed by atoms with Gasteiger partial charge in [0.2, 0.25) is 0 Å². The quantitative estimate of drug-likeness (QED) is 0.180. The summed E-state index contributed by atoms with van der Waals surface area (Å²) in [5.41, 5.74) is 2.67. The molecule has 4 nitrogen and oxygen atoms in total. The topological polar surface area (TPSA) is 35.6 Å². The summed E-state index contributed by atoms with van der Waals surface area (Å²) in [4.78, 5) is 1.17. The number of hydrogen-bond acceptors (Lipinski definition) is 4. The first kappa shape index (κ1) is 24.9. The number of halogens is 4. The van der Waals surface area contributed by atoms with Crippen molar-refractivity contribution in [1.82, 2.24) is 19.3 Å². The van der Waals surface area contributed by atoms with E-state index in [4.69, 9.17) is 46.4 Å². The minimum absolute atomic E-state index is 0.520. The summed E-state index contributed by atoms with van der Waals surface area (Å²) in [6, 6.07) is 19.2. The Morgan fingerprint density at radius 1 is 0.743 bits per heavy atom. The molecule has 178 valence electrons. The van der Waals surface area contributed by atoms with Crippen molar-refractivity contribution in [2.45, 2.75) is 21.6 Å². The Hall–Kier alpha value is -1.80. The Kier molecular flexibility index (Phi) is 7.58. The molecule has 0 aliphatic heterocycles. The zero-order valence-electron chi connectivity index (χ0n) is 18.4. The highest BCUT2D eigenvalue weighted by Gasteiger charge is 2.21. The number of benzene rings is 3. The molecule has 0 spiro atoms. The molecule has 0 N–H and O–H groups in total. The molecule has 0 atom stereocenters. The van der Waals surface area contributed by atoms with E-state index >= 15 is 0 Å². The van der Waals surface area contributed by atoms with Gasteiger partial charge in [-0.15, -0.1) is 22.0 Å². The Balaban J connectivity index is 1.51. The molecule has 0 unspecified atom stereocenters. The zero-order chi connectivity index (χ0) is 24.5. The highest BCUT2D eigenvalue weighted by atomic mass is 35.5. The largest absolute Gasteiger partial charge is 0.349 e. The molecule has 0 amide bonds. The SMILES string of the molecule is Cn1cc(SCc2nnc(SCc3c(Cl)cccc3Cl)n2-c2c(Cl)cccc2Cl)c2ccccc21. The number of nitrogens with zero attached hydrogens (tertiary/aromatic N) is 4. The van der Waals surface area contributed by atoms with Crippen molar-refractivity contribution in [2.75, 3.05) is 0 Å². The molecule has 5 aromatic rings. The van der Waals surface area contributed by atoms with E-state index in [1.54, 1.807) is 11.8 Å². The molecule has 0 fully saturated rings. The lowest BCUT2D eigenvalue weighted by Gasteiger charge is -2.14. The van der Waals surface area contributed by atoms with E-state index in [-0.39, 0.29) is 0 Å². The Morgan fingerprint density at radius 3 is 2.11 bits per heavy atom. The van der Waals surface area contributed by atoms with Crippen LogP contribution >= 0.6 is 69.9 Å². The molecular formula is C25H18Cl4N4S2. The first-order valence-corrected chi connectivity index (χ1v) is 14.0. The van der Waals surface area contributed by atoms with Gasteiger partial charge in [-0.05, 0) is 35.9 Å². The van der Waals surface area contributed by atoms with Crippen molar-refractivity contribution >= 4 is 80.8 Å². The fourth-order valence-electron chi connectivity index (χ4n) is 3.78. The van der Waals surface area contributed by atoms with Crippen LogP contribution in [0.25, 0.3) is 16.6 Å². The monoisotopic (exact) mass is 578 g/mol. The summed E-state index contributed by atoms with van der Waals surface area (Å²) >= 11 is 29.2. The second kappa shape index (κ2) is 10.7. The normalized spacial score (nSPS) is 11.5. The highest BCUT2D eigenvalue weighted by Crippen LogP contribution is 2.38. The van der Waals surface area contributed by atoms with Gasteiger partial charge in [0.1, 0.15) is 5.82 Å². The van der Waals surface area contributed by atoms with Crippen LogP contribution in [0.2, 0.25) is 20.1 Å². The zero-order valence-corrected chi connectivity index (χ0v) is 23.0. The Bertz CT molecular complexity index is 1490. The molecule has 3 aromatic carbocycles. The van der Waals surface area contributed by atoms with Crippen molar-refractivity contribution in [3.05, 3.63) is 98.3 Å². The van der Waals surface area contributed by atoms with E-state index in [1.807, 2.05) is 60.1 Å². The van der Waals surface area contributed by atoms with Gasteiger partial charge < -0.3 is 4.57 Å². The number of rotatable bonds is 7. The van der Waals surface area contributed by atoms with Gasteiger partial charge in [-0.2, -0.15) is 0 Å². The molecule has 5 rings (SSSR count). The number of para-hydroxylation sites is 2. The summed E-state index contributed by atoms with van der Waals surface area (Å²) < 4.78 is 4.06. The maximum atomic E-state index is 6.61. The van der Waals surface area contributed by atoms with Crippen LogP contribution in [0.1, 0.15) is 11.4 Å². The molecule has 0 aliphatic carbocycles. The minimum atomic E-state index is 0.520. The number of aryl methyl sites for hydroxylation is 1. The lowest BCUT2D eigenvalue weighted by Crippen LogP contribution is -2.04. The molecule has 0 bridgehead atoms. The van der Waals surface area contributed by atoms with Crippen LogP contribution in [0.5, 0.6) is 0 Å². The summed E-state index contributed by atoms with van der Waals surface area (Å²) in [7, 11) is 2.05. The fourth-order valence-corrected chi connectivity index (χ4v) is 7.08. The number of aromatic nitrogens is 4. The summed E-state index contributed by atoms with van der Waals surface area (Å²) in [5.74, 6) is 1.84. The van der Waals surface area contributed by atoms with Gasteiger partial charge in [0.05, 0.1) is 21.5 Å².